The summed E-state index contributed by atoms with van der Waals surface area (Å²) in [5, 5.41) is 9.95. The molecule has 0 atom stereocenters. The minimum Gasteiger partial charge on any atom is -0.496 e. The highest BCUT2D eigenvalue weighted by Crippen LogP contribution is 2.34. The molecule has 0 radical (unpaired) electrons. The second kappa shape index (κ2) is 6.21. The van der Waals surface area contributed by atoms with Gasteiger partial charge in [-0.3, -0.25) is 0 Å². The lowest BCUT2D eigenvalue weighted by molar-refractivity contribution is 0.414. The van der Waals surface area contributed by atoms with Crippen LogP contribution in [0.15, 0.2) is 27.7 Å². The molecule has 1 aromatic carbocycles. The summed E-state index contributed by atoms with van der Waals surface area (Å²) in [6, 6.07) is 7.94. The Morgan fingerprint density at radius 3 is 2.80 bits per heavy atom. The van der Waals surface area contributed by atoms with E-state index in [9.17, 15) is 5.26 Å². The Balaban J connectivity index is 2.42. The predicted octanol–water partition coefficient (Wildman–Crippen LogP) is 4.76. The summed E-state index contributed by atoms with van der Waals surface area (Å²) in [4.78, 5) is 5.57. The molecule has 1 aromatic heterocycles. The number of ether oxygens (including phenoxy) is 1. The lowest BCUT2D eigenvalue weighted by Crippen LogP contribution is -1.90. The number of rotatable bonds is 3. The molecule has 0 fully saturated rings. The molecule has 102 valence electrons. The van der Waals surface area contributed by atoms with Gasteiger partial charge in [0.05, 0.1) is 12.7 Å². The van der Waals surface area contributed by atoms with Crippen molar-refractivity contribution in [1.29, 1.82) is 5.26 Å². The third-order valence-corrected chi connectivity index (χ3v) is 4.60. The van der Waals surface area contributed by atoms with Gasteiger partial charge in [-0.2, -0.15) is 5.26 Å². The Labute approximate surface area is 130 Å². The van der Waals surface area contributed by atoms with Crippen molar-refractivity contribution in [2.45, 2.75) is 13.8 Å². The Hall–Kier alpha value is -1.64. The van der Waals surface area contributed by atoms with Gasteiger partial charge >= 0.3 is 0 Å². The van der Waals surface area contributed by atoms with Gasteiger partial charge in [0.15, 0.2) is 0 Å². The second-order valence-corrected chi connectivity index (χ2v) is 6.34. The van der Waals surface area contributed by atoms with Crippen molar-refractivity contribution in [1.82, 2.24) is 0 Å². The van der Waals surface area contributed by atoms with Crippen LogP contribution in [0, 0.1) is 25.2 Å². The van der Waals surface area contributed by atoms with Crippen LogP contribution in [0.5, 0.6) is 5.75 Å². The Kier molecular flexibility index (Phi) is 4.58. The van der Waals surface area contributed by atoms with E-state index in [1.807, 2.05) is 32.0 Å². The van der Waals surface area contributed by atoms with Crippen LogP contribution in [0.2, 0.25) is 0 Å². The normalized spacial score (nSPS) is 10.8. The minimum atomic E-state index is 0.651. The van der Waals surface area contributed by atoms with Gasteiger partial charge in [0.2, 0.25) is 0 Å². The molecule has 1 heterocycles. The van der Waals surface area contributed by atoms with Gasteiger partial charge in [0.25, 0.3) is 0 Å². The van der Waals surface area contributed by atoms with Crippen LogP contribution in [0.1, 0.15) is 21.6 Å². The van der Waals surface area contributed by atoms with E-state index >= 15 is 0 Å². The Morgan fingerprint density at radius 2 is 2.15 bits per heavy atom. The predicted molar refractivity (Wildman–Crippen MR) is 86.5 cm³/mol. The summed E-state index contributed by atoms with van der Waals surface area (Å²) >= 11 is 4.96. The number of benzene rings is 1. The summed E-state index contributed by atoms with van der Waals surface area (Å²) in [6.07, 6.45) is 1.73. The minimum absolute atomic E-state index is 0.651. The van der Waals surface area contributed by atoms with Gasteiger partial charge in [0.1, 0.15) is 16.8 Å². The zero-order valence-corrected chi connectivity index (χ0v) is 13.8. The quantitative estimate of drug-likeness (QED) is 0.750. The highest BCUT2D eigenvalue weighted by atomic mass is 79.9. The fourth-order valence-electron chi connectivity index (χ4n) is 1.77. The molecule has 0 unspecified atom stereocenters. The third-order valence-electron chi connectivity index (χ3n) is 2.99. The number of hydrogen-bond acceptors (Lipinski definition) is 4. The van der Waals surface area contributed by atoms with Crippen LogP contribution < -0.4 is 4.74 Å². The molecular weight excluding hydrogens is 336 g/mol. The SMILES string of the molecule is COc1ccc(Br)cc1C=Nc1sc(C)c(C)c1C#N. The van der Waals surface area contributed by atoms with Crippen molar-refractivity contribution in [3.63, 3.8) is 0 Å². The largest absolute Gasteiger partial charge is 0.496 e. The lowest BCUT2D eigenvalue weighted by atomic mass is 10.2. The van der Waals surface area contributed by atoms with Gasteiger partial charge in [-0.25, -0.2) is 4.99 Å². The zero-order valence-electron chi connectivity index (χ0n) is 11.4. The van der Waals surface area contributed by atoms with Gasteiger partial charge in [-0.1, -0.05) is 15.9 Å². The second-order valence-electron chi connectivity index (χ2n) is 4.22. The summed E-state index contributed by atoms with van der Waals surface area (Å²) in [5.41, 5.74) is 2.53. The van der Waals surface area contributed by atoms with Crippen LogP contribution in [-0.2, 0) is 0 Å². The standard InChI is InChI=1S/C15H13BrN2OS/c1-9-10(2)20-15(13(9)7-17)18-8-11-6-12(16)4-5-14(11)19-3/h4-6,8H,1-3H3. The van der Waals surface area contributed by atoms with Crippen LogP contribution in [-0.4, -0.2) is 13.3 Å². The average molecular weight is 349 g/mol. The van der Waals surface area contributed by atoms with Gasteiger partial charge in [0, 0.05) is 21.1 Å². The average Bonchev–Trinajstić information content (AvgIpc) is 2.71. The molecule has 2 rings (SSSR count). The third kappa shape index (κ3) is 2.92. The van der Waals surface area contributed by atoms with Gasteiger partial charge < -0.3 is 4.74 Å². The molecule has 0 amide bonds. The number of aryl methyl sites for hydroxylation is 1. The van der Waals surface area contributed by atoms with E-state index in [0.29, 0.717) is 5.56 Å². The number of aliphatic imine (C=N–C) groups is 1. The number of halogens is 1. The van der Waals surface area contributed by atoms with Crippen LogP contribution in [0.25, 0.3) is 0 Å². The highest BCUT2D eigenvalue weighted by Gasteiger charge is 2.11. The Morgan fingerprint density at radius 1 is 1.40 bits per heavy atom. The maximum absolute atomic E-state index is 9.21. The number of nitriles is 1. The van der Waals surface area contributed by atoms with Crippen molar-refractivity contribution in [3.8, 4) is 11.8 Å². The van der Waals surface area contributed by atoms with Crippen LogP contribution in [0.3, 0.4) is 0 Å². The summed E-state index contributed by atoms with van der Waals surface area (Å²) in [7, 11) is 1.63. The van der Waals surface area contributed by atoms with Crippen molar-refractivity contribution in [2.24, 2.45) is 4.99 Å². The first kappa shape index (κ1) is 14.8. The molecule has 0 aliphatic carbocycles. The molecular formula is C15H13BrN2OS. The van der Waals surface area contributed by atoms with Crippen molar-refractivity contribution in [2.75, 3.05) is 7.11 Å². The van der Waals surface area contributed by atoms with Crippen molar-refractivity contribution >= 4 is 38.5 Å². The topological polar surface area (TPSA) is 45.4 Å². The number of methoxy groups -OCH3 is 1. The number of nitrogens with zero attached hydrogens (tertiary/aromatic N) is 2. The summed E-state index contributed by atoms with van der Waals surface area (Å²) in [6.45, 7) is 3.95. The lowest BCUT2D eigenvalue weighted by Gasteiger charge is -2.04. The van der Waals surface area contributed by atoms with E-state index < -0.39 is 0 Å². The van der Waals surface area contributed by atoms with E-state index in [4.69, 9.17) is 4.74 Å². The zero-order chi connectivity index (χ0) is 14.7. The Bertz CT molecular complexity index is 713. The first-order chi connectivity index (χ1) is 9.56. The molecule has 5 heteroatoms. The van der Waals surface area contributed by atoms with Crippen molar-refractivity contribution in [3.05, 3.63) is 44.2 Å². The fourth-order valence-corrected chi connectivity index (χ4v) is 3.10. The van der Waals surface area contributed by atoms with E-state index in [-0.39, 0.29) is 0 Å². The molecule has 0 saturated heterocycles. The fraction of sp³-hybridized carbons (Fsp3) is 0.200. The summed E-state index contributed by atoms with van der Waals surface area (Å²) in [5.74, 6) is 0.750. The number of hydrogen-bond donors (Lipinski definition) is 0. The van der Waals surface area contributed by atoms with E-state index in [1.54, 1.807) is 13.3 Å². The molecule has 0 aliphatic heterocycles. The van der Waals surface area contributed by atoms with E-state index in [2.05, 4.69) is 27.0 Å². The maximum Gasteiger partial charge on any atom is 0.134 e. The molecule has 0 saturated carbocycles. The first-order valence-electron chi connectivity index (χ1n) is 5.94. The maximum atomic E-state index is 9.21. The van der Waals surface area contributed by atoms with E-state index in [1.165, 1.54) is 11.3 Å². The first-order valence-corrected chi connectivity index (χ1v) is 7.55. The van der Waals surface area contributed by atoms with Crippen LogP contribution in [0.4, 0.5) is 5.00 Å². The van der Waals surface area contributed by atoms with E-state index in [0.717, 1.165) is 31.2 Å². The van der Waals surface area contributed by atoms with Gasteiger partial charge in [-0.05, 0) is 37.6 Å². The number of thiophene rings is 1. The molecule has 2 aromatic rings. The molecule has 0 aliphatic rings. The monoisotopic (exact) mass is 348 g/mol. The molecule has 0 N–H and O–H groups in total. The molecule has 0 bridgehead atoms. The van der Waals surface area contributed by atoms with Gasteiger partial charge in [-0.15, -0.1) is 11.3 Å². The molecule has 3 nitrogen and oxygen atoms in total. The summed E-state index contributed by atoms with van der Waals surface area (Å²) < 4.78 is 6.26. The highest BCUT2D eigenvalue weighted by molar-refractivity contribution is 9.10. The smallest absolute Gasteiger partial charge is 0.134 e. The van der Waals surface area contributed by atoms with Crippen LogP contribution >= 0.6 is 27.3 Å². The molecule has 0 spiro atoms. The molecule has 20 heavy (non-hydrogen) atoms. The van der Waals surface area contributed by atoms with Crippen molar-refractivity contribution < 1.29 is 4.74 Å².